The molecule has 3 amide bonds. The number of benzene rings is 2. The van der Waals surface area contributed by atoms with Crippen LogP contribution in [0.1, 0.15) is 45.1 Å². The minimum absolute atomic E-state index is 0.0292. The van der Waals surface area contributed by atoms with Crippen LogP contribution in [0.2, 0.25) is 0 Å². The molecule has 3 N–H and O–H groups in total. The zero-order valence-electron chi connectivity index (χ0n) is 22.5. The number of carbonyl (C=O) groups excluding carboxylic acids is 3. The maximum Gasteiger partial charge on any atom is 0.244 e. The molecule has 3 fully saturated rings. The van der Waals surface area contributed by atoms with Crippen LogP contribution < -0.4 is 15.4 Å². The number of fused-ring (bicyclic) bond motifs is 1. The lowest BCUT2D eigenvalue weighted by atomic mass is 9.66. The Morgan fingerprint density at radius 2 is 1.82 bits per heavy atom. The lowest BCUT2D eigenvalue weighted by Gasteiger charge is -2.34. The number of hydrogen-bond acceptors (Lipinski definition) is 6. The van der Waals surface area contributed by atoms with E-state index < -0.39 is 27.4 Å². The third-order valence-electron chi connectivity index (χ3n) is 8.36. The van der Waals surface area contributed by atoms with Crippen LogP contribution in [0.15, 0.2) is 54.6 Å². The molecule has 8 nitrogen and oxygen atoms in total. The van der Waals surface area contributed by atoms with E-state index in [1.54, 1.807) is 28.8 Å². The predicted molar refractivity (Wildman–Crippen MR) is 151 cm³/mol. The Hall–Kier alpha value is -3.04. The van der Waals surface area contributed by atoms with E-state index in [0.717, 1.165) is 17.7 Å². The molecule has 9 heteroatoms. The first kappa shape index (κ1) is 27.5. The fraction of sp³-hybridized carbons (Fsp3) is 0.500. The third kappa shape index (κ3) is 5.02. The van der Waals surface area contributed by atoms with E-state index in [2.05, 4.69) is 17.6 Å². The number of amides is 3. The first-order valence-electron chi connectivity index (χ1n) is 13.8. The molecule has 3 heterocycles. The van der Waals surface area contributed by atoms with E-state index in [9.17, 15) is 19.5 Å². The summed E-state index contributed by atoms with van der Waals surface area (Å²) in [6.45, 7) is 5.33. The van der Waals surface area contributed by atoms with Gasteiger partial charge in [0, 0.05) is 30.1 Å². The highest BCUT2D eigenvalue weighted by atomic mass is 32.2. The molecule has 2 bridgehead atoms. The van der Waals surface area contributed by atoms with Gasteiger partial charge in [0.25, 0.3) is 0 Å². The van der Waals surface area contributed by atoms with Gasteiger partial charge in [-0.3, -0.25) is 14.4 Å². The van der Waals surface area contributed by atoms with Gasteiger partial charge in [0.2, 0.25) is 17.7 Å². The second-order valence-corrected chi connectivity index (χ2v) is 12.7. The largest absolute Gasteiger partial charge is 0.494 e. The van der Waals surface area contributed by atoms with Crippen molar-refractivity contribution in [1.29, 1.82) is 0 Å². The Labute approximate surface area is 233 Å². The Balaban J connectivity index is 1.41. The summed E-state index contributed by atoms with van der Waals surface area (Å²) in [6, 6.07) is 16.3. The highest BCUT2D eigenvalue weighted by Gasteiger charge is 2.76. The first-order valence-corrected chi connectivity index (χ1v) is 14.6. The molecule has 3 aliphatic heterocycles. The lowest BCUT2D eigenvalue weighted by molar-refractivity contribution is -0.139. The molecule has 0 aliphatic carbocycles. The minimum Gasteiger partial charge on any atom is -0.494 e. The van der Waals surface area contributed by atoms with Crippen LogP contribution in [0.3, 0.4) is 0 Å². The molecule has 2 aromatic carbocycles. The van der Waals surface area contributed by atoms with E-state index in [-0.39, 0.29) is 24.3 Å². The van der Waals surface area contributed by atoms with Crippen molar-refractivity contribution in [3.05, 3.63) is 60.2 Å². The van der Waals surface area contributed by atoms with Crippen molar-refractivity contribution in [2.75, 3.05) is 25.1 Å². The quantitative estimate of drug-likeness (QED) is 0.369. The number of hydrogen-bond donors (Lipinski definition) is 3. The van der Waals surface area contributed by atoms with Crippen molar-refractivity contribution < 1.29 is 24.2 Å². The van der Waals surface area contributed by atoms with Gasteiger partial charge >= 0.3 is 0 Å². The fourth-order valence-electron chi connectivity index (χ4n) is 6.66. The SMILES string of the molecule is CCOc1ccc(NC(=O)[C@@H]2[C@H]3C(=O)N(CCCCO)C(C(=O)NCc4ccccc4)C34CC[C@@]2(C)S4)cc1. The van der Waals surface area contributed by atoms with Gasteiger partial charge in [0.05, 0.1) is 23.2 Å². The van der Waals surface area contributed by atoms with E-state index in [4.69, 9.17) is 4.74 Å². The van der Waals surface area contributed by atoms with Crippen molar-refractivity contribution in [1.82, 2.24) is 10.2 Å². The van der Waals surface area contributed by atoms with Crippen molar-refractivity contribution in [3.8, 4) is 5.75 Å². The van der Waals surface area contributed by atoms with Gasteiger partial charge < -0.3 is 25.4 Å². The van der Waals surface area contributed by atoms with E-state index in [1.807, 2.05) is 49.4 Å². The van der Waals surface area contributed by atoms with Gasteiger partial charge in [-0.2, -0.15) is 0 Å². The fourth-order valence-corrected chi connectivity index (χ4v) is 9.02. The summed E-state index contributed by atoms with van der Waals surface area (Å²) in [5, 5.41) is 15.5. The first-order chi connectivity index (χ1) is 18.8. The summed E-state index contributed by atoms with van der Waals surface area (Å²) in [5.74, 6) is -0.896. The van der Waals surface area contributed by atoms with E-state index in [0.29, 0.717) is 44.6 Å². The van der Waals surface area contributed by atoms with Crippen LogP contribution in [0, 0.1) is 11.8 Å². The predicted octanol–water partition coefficient (Wildman–Crippen LogP) is 3.59. The maximum atomic E-state index is 14.1. The average molecular weight is 552 g/mol. The number of unbranched alkanes of at least 4 members (excludes halogenated alkanes) is 1. The number of rotatable bonds is 11. The van der Waals surface area contributed by atoms with Gasteiger partial charge in [0.1, 0.15) is 11.8 Å². The Morgan fingerprint density at radius 3 is 2.51 bits per heavy atom. The van der Waals surface area contributed by atoms with Crippen LogP contribution in [-0.4, -0.2) is 63.0 Å². The maximum absolute atomic E-state index is 14.1. The second kappa shape index (κ2) is 11.2. The van der Waals surface area contributed by atoms with Gasteiger partial charge in [-0.1, -0.05) is 30.3 Å². The second-order valence-electron chi connectivity index (χ2n) is 10.8. The molecular weight excluding hydrogens is 514 g/mol. The molecule has 39 heavy (non-hydrogen) atoms. The molecule has 0 saturated carbocycles. The molecule has 5 atom stereocenters. The number of anilines is 1. The van der Waals surface area contributed by atoms with E-state index >= 15 is 0 Å². The molecule has 0 aromatic heterocycles. The van der Waals surface area contributed by atoms with Crippen LogP contribution in [-0.2, 0) is 20.9 Å². The Morgan fingerprint density at radius 1 is 1.08 bits per heavy atom. The smallest absolute Gasteiger partial charge is 0.244 e. The third-order valence-corrected chi connectivity index (χ3v) is 10.3. The topological polar surface area (TPSA) is 108 Å². The zero-order chi connectivity index (χ0) is 27.6. The zero-order valence-corrected chi connectivity index (χ0v) is 23.3. The molecule has 1 spiro atoms. The number of aliphatic hydroxyl groups excluding tert-OH is 1. The molecule has 2 aromatic rings. The van der Waals surface area contributed by atoms with Crippen LogP contribution >= 0.6 is 11.8 Å². The summed E-state index contributed by atoms with van der Waals surface area (Å²) in [5.41, 5.74) is 1.63. The van der Waals surface area contributed by atoms with Crippen molar-refractivity contribution in [3.63, 3.8) is 0 Å². The number of aliphatic hydroxyl groups is 1. The van der Waals surface area contributed by atoms with E-state index in [1.165, 1.54) is 0 Å². The molecule has 208 valence electrons. The van der Waals surface area contributed by atoms with Crippen molar-refractivity contribution in [2.45, 2.75) is 61.6 Å². The molecule has 3 aliphatic rings. The monoisotopic (exact) mass is 551 g/mol. The molecular formula is C30H37N3O5S. The molecule has 5 rings (SSSR count). The van der Waals surface area contributed by atoms with Crippen LogP contribution in [0.25, 0.3) is 0 Å². The van der Waals surface area contributed by atoms with Gasteiger partial charge in [-0.15, -0.1) is 11.8 Å². The summed E-state index contributed by atoms with van der Waals surface area (Å²) in [4.78, 5) is 43.4. The molecule has 0 radical (unpaired) electrons. The Bertz CT molecular complexity index is 1210. The number of ether oxygens (including phenoxy) is 1. The highest BCUT2D eigenvalue weighted by Crippen LogP contribution is 2.71. The van der Waals surface area contributed by atoms with Gasteiger partial charge in [0.15, 0.2) is 0 Å². The van der Waals surface area contributed by atoms with Gasteiger partial charge in [-0.25, -0.2) is 0 Å². The van der Waals surface area contributed by atoms with Gasteiger partial charge in [-0.05, 0) is 69.4 Å². The van der Waals surface area contributed by atoms with Crippen LogP contribution in [0.5, 0.6) is 5.75 Å². The number of likely N-dealkylation sites (tertiary alicyclic amines) is 1. The number of nitrogens with zero attached hydrogens (tertiary/aromatic N) is 1. The normalized spacial score (nSPS) is 28.8. The van der Waals surface area contributed by atoms with Crippen molar-refractivity contribution >= 4 is 35.2 Å². The number of carbonyl (C=O) groups is 3. The standard InChI is InChI=1S/C30H37N3O5S/c1-3-38-22-13-11-21(12-14-22)32-26(35)23-24-28(37)33(17-7-8-18-34)25(30(24)16-15-29(23,2)39-30)27(36)31-19-20-9-5-4-6-10-20/h4-6,9-14,23-25,34H,3,7-8,15-19H2,1-2H3,(H,31,36)(H,32,35)/t23-,24-,25?,29+,30?/m0/s1. The highest BCUT2D eigenvalue weighted by molar-refractivity contribution is 8.02. The molecule has 3 saturated heterocycles. The number of nitrogens with one attached hydrogen (secondary N) is 2. The average Bonchev–Trinajstić information content (AvgIpc) is 3.50. The lowest BCUT2D eigenvalue weighted by Crippen LogP contribution is -2.53. The van der Waals surface area contributed by atoms with Crippen molar-refractivity contribution in [2.24, 2.45) is 11.8 Å². The summed E-state index contributed by atoms with van der Waals surface area (Å²) >= 11 is 1.66. The Kier molecular flexibility index (Phi) is 7.91. The van der Waals surface area contributed by atoms with Crippen LogP contribution in [0.4, 0.5) is 5.69 Å². The minimum atomic E-state index is -0.660. The molecule has 2 unspecified atom stereocenters. The summed E-state index contributed by atoms with van der Waals surface area (Å²) < 4.78 is 4.41. The summed E-state index contributed by atoms with van der Waals surface area (Å²) in [7, 11) is 0. The number of thioether (sulfide) groups is 1. The summed E-state index contributed by atoms with van der Waals surface area (Å²) in [6.07, 6.45) is 2.61.